The lowest BCUT2D eigenvalue weighted by atomic mass is 10.0. The number of carboxylic acid groups (broad SMARTS) is 1. The molecule has 13 heteroatoms. The van der Waals surface area contributed by atoms with Gasteiger partial charge in [-0.05, 0) is 115 Å². The topological polar surface area (TPSA) is 188 Å². The van der Waals surface area contributed by atoms with Gasteiger partial charge in [0.1, 0.15) is 19.3 Å². The molecular formula is C36H39N7O6. The molecule has 0 fully saturated rings. The van der Waals surface area contributed by atoms with Gasteiger partial charge in [-0.25, -0.2) is 9.55 Å². The van der Waals surface area contributed by atoms with Crippen molar-refractivity contribution in [3.8, 4) is 0 Å². The molecule has 0 saturated carbocycles. The standard InChI is InChI=1S/C36H39N7O6/c1-19-12-25-15-30-21(3)27(7-9-36(46)49-11-10-42-23(5)37-18-34(42)43(47)48)33(40-30)17-32-26(6-8-35(44)45)22(4)31(41-32)16-29-20(2)13-24(39-29)14-28(19)38-25/h12-18,38-41H,6-11H2,1-5H3,(H,44,45). The molecule has 0 aromatic carbocycles. The lowest BCUT2D eigenvalue weighted by Crippen LogP contribution is -2.16. The van der Waals surface area contributed by atoms with Crippen LogP contribution in [0.5, 0.6) is 0 Å². The summed E-state index contributed by atoms with van der Waals surface area (Å²) in [6.45, 7) is 9.87. The number of nitrogens with zero attached hydrogens (tertiary/aromatic N) is 3. The third-order valence-electron chi connectivity index (χ3n) is 9.20. The van der Waals surface area contributed by atoms with Crippen LogP contribution in [-0.2, 0) is 33.7 Å². The van der Waals surface area contributed by atoms with Crippen molar-refractivity contribution < 1.29 is 24.4 Å². The molecule has 0 aliphatic carbocycles. The minimum absolute atomic E-state index is 0.0167. The fourth-order valence-electron chi connectivity index (χ4n) is 6.45. The number of nitro groups is 1. The maximum Gasteiger partial charge on any atom is 0.342 e. The summed E-state index contributed by atoms with van der Waals surface area (Å²) < 4.78 is 6.90. The molecule has 0 saturated heterocycles. The number of H-pyrrole nitrogens is 4. The number of hydrogen-bond acceptors (Lipinski definition) is 6. The molecule has 5 aromatic rings. The molecule has 1 aliphatic rings. The Morgan fingerprint density at radius 3 is 2.35 bits per heavy atom. The first-order valence-electron chi connectivity index (χ1n) is 16.1. The van der Waals surface area contributed by atoms with Crippen LogP contribution in [0.25, 0.3) is 24.3 Å². The number of esters is 1. The van der Waals surface area contributed by atoms with Crippen molar-refractivity contribution in [2.45, 2.75) is 66.8 Å². The van der Waals surface area contributed by atoms with E-state index in [-0.39, 0.29) is 31.8 Å². The zero-order valence-electron chi connectivity index (χ0n) is 28.1. The van der Waals surface area contributed by atoms with Crippen molar-refractivity contribution in [1.82, 2.24) is 29.5 Å². The number of rotatable bonds is 10. The second-order valence-electron chi connectivity index (χ2n) is 12.5. The molecule has 1 aliphatic heterocycles. The molecule has 0 atom stereocenters. The van der Waals surface area contributed by atoms with Crippen molar-refractivity contribution in [2.75, 3.05) is 6.61 Å². The Labute approximate surface area is 280 Å². The van der Waals surface area contributed by atoms with Gasteiger partial charge in [0.2, 0.25) is 0 Å². The van der Waals surface area contributed by atoms with Gasteiger partial charge in [-0.2, -0.15) is 0 Å². The molecule has 5 N–H and O–H groups in total. The average Bonchev–Trinajstić information content (AvgIpc) is 3.81. The fraction of sp³-hybridized carbons (Fsp3) is 0.306. The van der Waals surface area contributed by atoms with Crippen LogP contribution >= 0.6 is 0 Å². The summed E-state index contributed by atoms with van der Waals surface area (Å²) in [7, 11) is 0. The highest BCUT2D eigenvalue weighted by atomic mass is 16.6. The Bertz CT molecular complexity index is 2360. The van der Waals surface area contributed by atoms with E-state index in [9.17, 15) is 24.8 Å². The summed E-state index contributed by atoms with van der Waals surface area (Å²) in [6, 6.07) is 4.19. The Morgan fingerprint density at radius 2 is 1.59 bits per heavy atom. The predicted molar refractivity (Wildman–Crippen MR) is 184 cm³/mol. The largest absolute Gasteiger partial charge is 0.481 e. The maximum atomic E-state index is 12.9. The summed E-state index contributed by atoms with van der Waals surface area (Å²) in [6.07, 6.45) is 10.2. The van der Waals surface area contributed by atoms with Gasteiger partial charge in [0.05, 0.1) is 0 Å². The number of aliphatic carboxylic acids is 1. The molecule has 49 heavy (non-hydrogen) atoms. The monoisotopic (exact) mass is 665 g/mol. The Kier molecular flexibility index (Phi) is 9.00. The number of aromatic nitrogens is 6. The normalized spacial score (nSPS) is 12.1. The Morgan fingerprint density at radius 1 is 0.837 bits per heavy atom. The number of carboxylic acids is 1. The van der Waals surface area contributed by atoms with E-state index >= 15 is 0 Å². The Balaban J connectivity index is 1.39. The first kappa shape index (κ1) is 33.1. The van der Waals surface area contributed by atoms with Crippen molar-refractivity contribution in [2.24, 2.45) is 0 Å². The van der Waals surface area contributed by atoms with Gasteiger partial charge in [0.15, 0.2) is 5.82 Å². The minimum Gasteiger partial charge on any atom is -0.481 e. The van der Waals surface area contributed by atoms with E-state index in [1.807, 2.05) is 32.9 Å². The van der Waals surface area contributed by atoms with Gasteiger partial charge in [-0.1, -0.05) is 0 Å². The highest BCUT2D eigenvalue weighted by molar-refractivity contribution is 5.70. The van der Waals surface area contributed by atoms with Gasteiger partial charge in [-0.15, -0.1) is 0 Å². The van der Waals surface area contributed by atoms with Gasteiger partial charge in [-0.3, -0.25) is 9.59 Å². The van der Waals surface area contributed by atoms with E-state index in [1.165, 1.54) is 10.8 Å². The minimum atomic E-state index is -0.874. The molecule has 8 bridgehead atoms. The van der Waals surface area contributed by atoms with Gasteiger partial charge in [0, 0.05) is 63.9 Å². The third-order valence-corrected chi connectivity index (χ3v) is 9.20. The molecule has 0 spiro atoms. The molecule has 13 nitrogen and oxygen atoms in total. The molecule has 254 valence electrons. The van der Waals surface area contributed by atoms with Crippen LogP contribution in [0.2, 0.25) is 0 Å². The van der Waals surface area contributed by atoms with E-state index in [0.717, 1.165) is 77.6 Å². The third kappa shape index (κ3) is 6.91. The molecule has 6 rings (SSSR count). The lowest BCUT2D eigenvalue weighted by Gasteiger charge is -2.06. The number of ether oxygens (including phenoxy) is 1. The first-order chi connectivity index (χ1) is 23.4. The smallest absolute Gasteiger partial charge is 0.342 e. The number of imidazole rings is 1. The SMILES string of the molecule is Cc1cc2[nH]c1C=c1cc(C)c([nH]1)=Cc1[nH]c(c(CCC(=O)O)c1C)C=c1[nH]c(c(C)c1CCC(=O)OCCn1c([N+](=O)[O-])cnc1C)=C2. The van der Waals surface area contributed by atoms with Crippen molar-refractivity contribution in [3.63, 3.8) is 0 Å². The van der Waals surface area contributed by atoms with E-state index in [4.69, 9.17) is 4.74 Å². The summed E-state index contributed by atoms with van der Waals surface area (Å²) in [5.74, 6) is -0.985. The molecule has 5 aromatic heterocycles. The van der Waals surface area contributed by atoms with Crippen molar-refractivity contribution in [3.05, 3.63) is 112 Å². The number of hydrogen-bond donors (Lipinski definition) is 5. The quantitative estimate of drug-likeness (QED) is 0.0844. The van der Waals surface area contributed by atoms with Crippen LogP contribution in [0.3, 0.4) is 0 Å². The second kappa shape index (κ2) is 13.3. The zero-order chi connectivity index (χ0) is 35.0. The van der Waals surface area contributed by atoms with Crippen LogP contribution in [0.15, 0.2) is 18.3 Å². The summed E-state index contributed by atoms with van der Waals surface area (Å²) >= 11 is 0. The summed E-state index contributed by atoms with van der Waals surface area (Å²) in [4.78, 5) is 53.5. The van der Waals surface area contributed by atoms with Crippen molar-refractivity contribution in [1.29, 1.82) is 0 Å². The van der Waals surface area contributed by atoms with Crippen molar-refractivity contribution >= 4 is 42.1 Å². The summed E-state index contributed by atoms with van der Waals surface area (Å²) in [5.41, 5.74) is 9.51. The van der Waals surface area contributed by atoms with Gasteiger partial charge in [0.25, 0.3) is 0 Å². The van der Waals surface area contributed by atoms with Crippen LogP contribution < -0.4 is 21.4 Å². The summed E-state index contributed by atoms with van der Waals surface area (Å²) in [5, 5.41) is 24.4. The number of nitrogens with one attached hydrogen (secondary N) is 4. The highest BCUT2D eigenvalue weighted by Gasteiger charge is 2.19. The molecule has 0 radical (unpaired) electrons. The fourth-order valence-corrected chi connectivity index (χ4v) is 6.45. The predicted octanol–water partition coefficient (Wildman–Crippen LogP) is 2.47. The number of fused-ring (bicyclic) bond motifs is 8. The lowest BCUT2D eigenvalue weighted by molar-refractivity contribution is -0.392. The maximum absolute atomic E-state index is 12.9. The molecule has 6 heterocycles. The Hall–Kier alpha value is -5.85. The van der Waals surface area contributed by atoms with E-state index < -0.39 is 16.9 Å². The van der Waals surface area contributed by atoms with Crippen LogP contribution in [-0.4, -0.2) is 58.1 Å². The van der Waals surface area contributed by atoms with E-state index in [1.54, 1.807) is 6.92 Å². The number of carbonyl (C=O) groups excluding carboxylic acids is 1. The highest BCUT2D eigenvalue weighted by Crippen LogP contribution is 2.22. The van der Waals surface area contributed by atoms with Crippen LogP contribution in [0, 0.1) is 44.7 Å². The molecule has 0 unspecified atom stereocenters. The number of aryl methyl sites for hydroxylation is 3. The van der Waals surface area contributed by atoms with E-state index in [0.29, 0.717) is 18.7 Å². The zero-order valence-corrected chi connectivity index (χ0v) is 28.1. The number of aromatic amines is 4. The molecule has 0 amide bonds. The molecular weight excluding hydrogens is 626 g/mol. The van der Waals surface area contributed by atoms with Crippen LogP contribution in [0.4, 0.5) is 5.82 Å². The van der Waals surface area contributed by atoms with Gasteiger partial charge >= 0.3 is 17.8 Å². The van der Waals surface area contributed by atoms with Crippen LogP contribution in [0.1, 0.15) is 74.8 Å². The van der Waals surface area contributed by atoms with E-state index in [2.05, 4.69) is 56.1 Å². The first-order valence-corrected chi connectivity index (χ1v) is 16.1. The average molecular weight is 666 g/mol. The number of carbonyl (C=O) groups is 2. The second-order valence-corrected chi connectivity index (χ2v) is 12.5. The van der Waals surface area contributed by atoms with Gasteiger partial charge < -0.3 is 39.9 Å².